The topological polar surface area (TPSA) is 119 Å². The summed E-state index contributed by atoms with van der Waals surface area (Å²) < 4.78 is 0. The average Bonchev–Trinajstić information content (AvgIpc) is 3.18. The number of carboxylic acids is 1. The van der Waals surface area contributed by atoms with Crippen LogP contribution in [-0.2, 0) is 14.4 Å². The van der Waals surface area contributed by atoms with E-state index in [4.69, 9.17) is 28.3 Å². The van der Waals surface area contributed by atoms with Crippen LogP contribution in [0.25, 0.3) is 0 Å². The van der Waals surface area contributed by atoms with Gasteiger partial charge in [0.1, 0.15) is 12.1 Å². The number of nitrogens with one attached hydrogen (secondary N) is 2. The Morgan fingerprint density at radius 2 is 1.64 bits per heavy atom. The summed E-state index contributed by atoms with van der Waals surface area (Å²) in [6.45, 7) is 3.27. The van der Waals surface area contributed by atoms with E-state index >= 15 is 0 Å². The Labute approximate surface area is 219 Å². The van der Waals surface area contributed by atoms with Crippen molar-refractivity contribution in [2.45, 2.75) is 31.7 Å². The molecule has 2 aliphatic heterocycles. The van der Waals surface area contributed by atoms with Gasteiger partial charge in [0.15, 0.2) is 0 Å². The molecule has 0 saturated carbocycles. The van der Waals surface area contributed by atoms with Crippen molar-refractivity contribution in [1.82, 2.24) is 15.5 Å². The molecule has 2 aliphatic rings. The van der Waals surface area contributed by atoms with Crippen molar-refractivity contribution in [2.24, 2.45) is 0 Å². The van der Waals surface area contributed by atoms with E-state index in [1.165, 1.54) is 12.1 Å². The zero-order valence-electron chi connectivity index (χ0n) is 19.8. The van der Waals surface area contributed by atoms with E-state index in [0.29, 0.717) is 39.0 Å². The van der Waals surface area contributed by atoms with Crippen LogP contribution in [0.4, 0.5) is 5.69 Å². The maximum Gasteiger partial charge on any atom is 0.322 e. The molecule has 36 heavy (non-hydrogen) atoms. The first-order chi connectivity index (χ1) is 17.2. The zero-order valence-corrected chi connectivity index (χ0v) is 21.3. The van der Waals surface area contributed by atoms with Gasteiger partial charge in [-0.05, 0) is 37.1 Å². The lowest BCUT2D eigenvalue weighted by Gasteiger charge is -2.43. The maximum atomic E-state index is 12.4. The summed E-state index contributed by atoms with van der Waals surface area (Å²) in [6, 6.07) is 14.6. The minimum Gasteiger partial charge on any atom is -0.480 e. The number of rotatable bonds is 5. The van der Waals surface area contributed by atoms with Crippen molar-refractivity contribution in [2.75, 3.05) is 31.2 Å². The van der Waals surface area contributed by atoms with E-state index in [1.807, 2.05) is 42.2 Å². The van der Waals surface area contributed by atoms with Gasteiger partial charge in [-0.15, -0.1) is 0 Å². The number of nitrogens with zero attached hydrogens (tertiary/aromatic N) is 2. The Bertz CT molecular complexity index is 1100. The Balaban J connectivity index is 0.000000214. The van der Waals surface area contributed by atoms with Crippen molar-refractivity contribution in [3.05, 3.63) is 64.1 Å². The zero-order chi connectivity index (χ0) is 26.3. The second kappa shape index (κ2) is 12.1. The lowest BCUT2D eigenvalue weighted by Crippen LogP contribution is -2.57. The minimum absolute atomic E-state index is 0.0853. The third-order valence-corrected chi connectivity index (χ3v) is 6.87. The number of likely N-dealkylation sites (tertiary alicyclic amines) is 1. The fourth-order valence-electron chi connectivity index (χ4n) is 4.34. The van der Waals surface area contributed by atoms with E-state index in [1.54, 1.807) is 6.07 Å². The van der Waals surface area contributed by atoms with Crippen molar-refractivity contribution >= 4 is 52.6 Å². The van der Waals surface area contributed by atoms with Crippen molar-refractivity contribution in [1.29, 1.82) is 0 Å². The summed E-state index contributed by atoms with van der Waals surface area (Å²) in [6.07, 6.45) is 1.92. The molecular formula is C25H28Cl2N4O5. The second-order valence-electron chi connectivity index (χ2n) is 8.37. The van der Waals surface area contributed by atoms with Gasteiger partial charge in [0.05, 0.1) is 22.3 Å². The number of amides is 3. The van der Waals surface area contributed by atoms with Crippen LogP contribution in [-0.4, -0.2) is 65.5 Å². The molecule has 3 N–H and O–H groups in total. The van der Waals surface area contributed by atoms with Crippen LogP contribution in [0.1, 0.15) is 36.5 Å². The van der Waals surface area contributed by atoms with Crippen LogP contribution in [0.2, 0.25) is 10.0 Å². The van der Waals surface area contributed by atoms with Gasteiger partial charge in [-0.3, -0.25) is 19.2 Å². The number of carboxylic acid groups (broad SMARTS) is 1. The van der Waals surface area contributed by atoms with Crippen LogP contribution < -0.4 is 15.5 Å². The Morgan fingerprint density at radius 3 is 2.19 bits per heavy atom. The molecule has 0 unspecified atom stereocenters. The van der Waals surface area contributed by atoms with Gasteiger partial charge in [-0.25, -0.2) is 0 Å². The molecule has 4 rings (SSSR count). The van der Waals surface area contributed by atoms with Gasteiger partial charge in [0.2, 0.25) is 11.8 Å². The van der Waals surface area contributed by atoms with Crippen LogP contribution in [0.5, 0.6) is 0 Å². The Morgan fingerprint density at radius 1 is 1.03 bits per heavy atom. The monoisotopic (exact) mass is 534 g/mol. The summed E-state index contributed by atoms with van der Waals surface area (Å²) in [5.74, 6) is -1.47. The van der Waals surface area contributed by atoms with Gasteiger partial charge in [-0.2, -0.15) is 0 Å². The normalized spacial score (nSPS) is 16.1. The molecule has 2 aromatic rings. The molecule has 2 saturated heterocycles. The Hall–Kier alpha value is -3.30. The molecule has 2 aromatic carbocycles. The van der Waals surface area contributed by atoms with E-state index in [0.717, 1.165) is 5.69 Å². The molecule has 1 spiro atoms. The molecular weight excluding hydrogens is 507 g/mol. The first kappa shape index (κ1) is 27.3. The van der Waals surface area contributed by atoms with Crippen LogP contribution in [0, 0.1) is 0 Å². The largest absolute Gasteiger partial charge is 0.480 e. The standard InChI is InChI=1S/C16H21N3O2.C9H7Cl2NO3/c1-2-14(20)18-10-8-16(9-11-18)15(21)17-12-19(16)13-6-4-3-5-7-13;10-5-2-1-3-6(11)8(5)9(15)12-4-7(13)14/h3-7H,2,8-12H2,1H3,(H,17,21);1-3H,4H2,(H,12,15)(H,13,14). The molecule has 2 heterocycles. The summed E-state index contributed by atoms with van der Waals surface area (Å²) in [7, 11) is 0. The average molecular weight is 535 g/mol. The third kappa shape index (κ3) is 6.09. The van der Waals surface area contributed by atoms with E-state index in [9.17, 15) is 19.2 Å². The number of benzene rings is 2. The number of carbonyl (C=O) groups is 4. The highest BCUT2D eigenvalue weighted by molar-refractivity contribution is 6.39. The summed E-state index contributed by atoms with van der Waals surface area (Å²) >= 11 is 11.5. The van der Waals surface area contributed by atoms with Crippen LogP contribution >= 0.6 is 23.2 Å². The quantitative estimate of drug-likeness (QED) is 0.542. The fraction of sp³-hybridized carbons (Fsp3) is 0.360. The van der Waals surface area contributed by atoms with Crippen LogP contribution in [0.15, 0.2) is 48.5 Å². The second-order valence-corrected chi connectivity index (χ2v) is 9.18. The summed E-state index contributed by atoms with van der Waals surface area (Å²) in [5, 5.41) is 13.9. The molecule has 2 fully saturated rings. The molecule has 3 amide bonds. The first-order valence-electron chi connectivity index (χ1n) is 11.5. The van der Waals surface area contributed by atoms with Gasteiger partial charge in [-0.1, -0.05) is 54.4 Å². The number of hydrogen-bond acceptors (Lipinski definition) is 5. The summed E-state index contributed by atoms with van der Waals surface area (Å²) in [5.41, 5.74) is 0.652. The fourth-order valence-corrected chi connectivity index (χ4v) is 4.91. The van der Waals surface area contributed by atoms with Gasteiger partial charge >= 0.3 is 5.97 Å². The van der Waals surface area contributed by atoms with Crippen molar-refractivity contribution < 1.29 is 24.3 Å². The molecule has 0 atom stereocenters. The highest BCUT2D eigenvalue weighted by Gasteiger charge is 2.50. The van der Waals surface area contributed by atoms with Gasteiger partial charge < -0.3 is 25.5 Å². The Kier molecular flexibility index (Phi) is 9.17. The SMILES string of the molecule is CCC(=O)N1CCC2(CC1)C(=O)NCN2c1ccccc1.O=C(O)CNC(=O)c1c(Cl)cccc1Cl. The number of piperidine rings is 1. The molecule has 0 radical (unpaired) electrons. The minimum atomic E-state index is -1.13. The smallest absolute Gasteiger partial charge is 0.322 e. The van der Waals surface area contributed by atoms with E-state index in [-0.39, 0.29) is 27.4 Å². The number of halogens is 2. The number of carbonyl (C=O) groups excluding carboxylic acids is 3. The highest BCUT2D eigenvalue weighted by atomic mass is 35.5. The van der Waals surface area contributed by atoms with Crippen LogP contribution in [0.3, 0.4) is 0 Å². The van der Waals surface area contributed by atoms with Crippen molar-refractivity contribution in [3.63, 3.8) is 0 Å². The predicted molar refractivity (Wildman–Crippen MR) is 137 cm³/mol. The van der Waals surface area contributed by atoms with E-state index < -0.39 is 24.0 Å². The molecule has 192 valence electrons. The molecule has 0 aromatic heterocycles. The lowest BCUT2D eigenvalue weighted by molar-refractivity contribution is -0.136. The molecule has 9 nitrogen and oxygen atoms in total. The molecule has 11 heteroatoms. The van der Waals surface area contributed by atoms with Gasteiger partial charge in [0.25, 0.3) is 5.91 Å². The lowest BCUT2D eigenvalue weighted by atomic mass is 9.85. The third-order valence-electron chi connectivity index (χ3n) is 6.24. The summed E-state index contributed by atoms with van der Waals surface area (Å²) in [4.78, 5) is 49.9. The number of anilines is 1. The van der Waals surface area contributed by atoms with Crippen molar-refractivity contribution in [3.8, 4) is 0 Å². The number of hydrogen-bond donors (Lipinski definition) is 3. The number of aliphatic carboxylic acids is 1. The highest BCUT2D eigenvalue weighted by Crippen LogP contribution is 2.36. The molecule has 0 aliphatic carbocycles. The maximum absolute atomic E-state index is 12.4. The first-order valence-corrected chi connectivity index (χ1v) is 12.3. The molecule has 0 bridgehead atoms. The van der Waals surface area contributed by atoms with E-state index in [2.05, 4.69) is 15.5 Å². The van der Waals surface area contributed by atoms with Gasteiger partial charge in [0, 0.05) is 25.2 Å². The predicted octanol–water partition coefficient (Wildman–Crippen LogP) is 3.16. The number of para-hydroxylation sites is 1.